The van der Waals surface area contributed by atoms with Crippen molar-refractivity contribution in [1.29, 1.82) is 0 Å². The Labute approximate surface area is 71.3 Å². The summed E-state index contributed by atoms with van der Waals surface area (Å²) < 4.78 is 12.8. The Morgan fingerprint density at radius 2 is 2.08 bits per heavy atom. The van der Waals surface area contributed by atoms with Crippen molar-refractivity contribution in [3.8, 4) is 0 Å². The summed E-state index contributed by atoms with van der Waals surface area (Å²) in [5.41, 5.74) is 2.04. The molecule has 0 heterocycles. The second kappa shape index (κ2) is 3.30. The lowest BCUT2D eigenvalue weighted by molar-refractivity contribution is 0.626. The summed E-state index contributed by atoms with van der Waals surface area (Å²) in [6.07, 6.45) is 0. The van der Waals surface area contributed by atoms with Crippen LogP contribution in [0.1, 0.15) is 11.1 Å². The molecule has 0 atom stereocenters. The summed E-state index contributed by atoms with van der Waals surface area (Å²) in [5, 5.41) is 0. The average molecular weight is 163 g/mol. The van der Waals surface area contributed by atoms with Gasteiger partial charge >= 0.3 is 0 Å². The van der Waals surface area contributed by atoms with Crippen LogP contribution in [0.15, 0.2) is 29.8 Å². The van der Waals surface area contributed by atoms with E-state index in [1.807, 2.05) is 13.0 Å². The number of benzene rings is 1. The molecule has 0 aliphatic rings. The minimum absolute atomic E-state index is 0.269. The van der Waals surface area contributed by atoms with E-state index in [-0.39, 0.29) is 5.82 Å². The highest BCUT2D eigenvalue weighted by molar-refractivity contribution is 5.66. The minimum atomic E-state index is -0.269. The summed E-state index contributed by atoms with van der Waals surface area (Å²) in [6.45, 7) is 8.78. The molecular formula is C10H10FN. The zero-order chi connectivity index (χ0) is 9.14. The van der Waals surface area contributed by atoms with Crippen molar-refractivity contribution in [2.24, 2.45) is 4.99 Å². The first-order valence-corrected chi connectivity index (χ1v) is 3.56. The molecule has 0 N–H and O–H groups in total. The molecule has 62 valence electrons. The number of aliphatic imine (C=N–C) groups is 1. The Hall–Kier alpha value is -1.44. The lowest BCUT2D eigenvalue weighted by Gasteiger charge is -2.01. The molecule has 0 unspecified atom stereocenters. The third-order valence-electron chi connectivity index (χ3n) is 1.57. The van der Waals surface area contributed by atoms with E-state index in [1.54, 1.807) is 0 Å². The van der Waals surface area contributed by atoms with Gasteiger partial charge in [-0.2, -0.15) is 0 Å². The maximum atomic E-state index is 12.8. The highest BCUT2D eigenvalue weighted by Crippen LogP contribution is 2.16. The number of nitrogens with zero attached hydrogens (tertiary/aromatic N) is 1. The van der Waals surface area contributed by atoms with Gasteiger partial charge in [0.15, 0.2) is 0 Å². The first-order chi connectivity index (χ1) is 5.63. The molecule has 1 aromatic carbocycles. The summed E-state index contributed by atoms with van der Waals surface area (Å²) in [7, 11) is 0. The minimum Gasteiger partial charge on any atom is -0.265 e. The second-order valence-electron chi connectivity index (χ2n) is 2.62. The van der Waals surface area contributed by atoms with Crippen LogP contribution in [-0.2, 0) is 0 Å². The van der Waals surface area contributed by atoms with Gasteiger partial charge in [-0.25, -0.2) is 4.39 Å². The highest BCUT2D eigenvalue weighted by atomic mass is 19.1. The van der Waals surface area contributed by atoms with Crippen molar-refractivity contribution >= 4 is 12.4 Å². The van der Waals surface area contributed by atoms with E-state index >= 15 is 0 Å². The summed E-state index contributed by atoms with van der Waals surface area (Å²) >= 11 is 0. The molecule has 1 rings (SSSR count). The van der Waals surface area contributed by atoms with Gasteiger partial charge in [0.1, 0.15) is 5.82 Å². The number of halogens is 1. The van der Waals surface area contributed by atoms with Gasteiger partial charge in [-0.15, -0.1) is 0 Å². The van der Waals surface area contributed by atoms with E-state index in [0.29, 0.717) is 11.3 Å². The van der Waals surface area contributed by atoms with E-state index in [4.69, 9.17) is 0 Å². The summed E-state index contributed by atoms with van der Waals surface area (Å²) in [5.74, 6) is -0.269. The van der Waals surface area contributed by atoms with Crippen molar-refractivity contribution in [2.75, 3.05) is 0 Å². The van der Waals surface area contributed by atoms with E-state index < -0.39 is 0 Å². The lowest BCUT2D eigenvalue weighted by atomic mass is 10.1. The van der Waals surface area contributed by atoms with Crippen LogP contribution in [0.3, 0.4) is 0 Å². The molecule has 0 saturated carbocycles. The third-order valence-corrected chi connectivity index (χ3v) is 1.57. The van der Waals surface area contributed by atoms with E-state index in [2.05, 4.69) is 18.3 Å². The predicted octanol–water partition coefficient (Wildman–Crippen LogP) is 2.81. The van der Waals surface area contributed by atoms with Crippen LogP contribution in [-0.4, -0.2) is 6.72 Å². The zero-order valence-corrected chi connectivity index (χ0v) is 6.97. The smallest absolute Gasteiger partial charge is 0.124 e. The van der Waals surface area contributed by atoms with Gasteiger partial charge in [0.25, 0.3) is 0 Å². The van der Waals surface area contributed by atoms with Crippen LogP contribution in [0.2, 0.25) is 0 Å². The van der Waals surface area contributed by atoms with E-state index in [0.717, 1.165) is 5.56 Å². The molecule has 1 aromatic rings. The molecule has 0 aliphatic carbocycles. The van der Waals surface area contributed by atoms with E-state index in [1.165, 1.54) is 12.1 Å². The Bertz CT molecular complexity index is 308. The number of hydrogen-bond acceptors (Lipinski definition) is 1. The normalized spacial score (nSPS) is 9.50. The van der Waals surface area contributed by atoms with Crippen molar-refractivity contribution in [3.63, 3.8) is 0 Å². The first kappa shape index (κ1) is 8.65. The SMILES string of the molecule is C=NC(=C)c1cc(C)cc(F)c1. The quantitative estimate of drug-likeness (QED) is 0.594. The van der Waals surface area contributed by atoms with Gasteiger partial charge in [0.2, 0.25) is 0 Å². The number of rotatable bonds is 2. The maximum absolute atomic E-state index is 12.8. The molecule has 0 spiro atoms. The Balaban J connectivity index is 3.17. The summed E-state index contributed by atoms with van der Waals surface area (Å²) in [6, 6.07) is 4.67. The number of hydrogen-bond donors (Lipinski definition) is 0. The first-order valence-electron chi connectivity index (χ1n) is 3.56. The van der Waals surface area contributed by atoms with Gasteiger partial charge in [-0.1, -0.05) is 6.58 Å². The molecule has 2 heteroatoms. The van der Waals surface area contributed by atoms with Gasteiger partial charge in [0, 0.05) is 5.56 Å². The Kier molecular flexibility index (Phi) is 2.38. The molecule has 0 bridgehead atoms. The third kappa shape index (κ3) is 1.78. The van der Waals surface area contributed by atoms with Gasteiger partial charge in [0.05, 0.1) is 5.70 Å². The van der Waals surface area contributed by atoms with Crippen LogP contribution in [0.5, 0.6) is 0 Å². The van der Waals surface area contributed by atoms with Crippen LogP contribution < -0.4 is 0 Å². The van der Waals surface area contributed by atoms with Crippen LogP contribution in [0.25, 0.3) is 5.70 Å². The Morgan fingerprint density at radius 3 is 2.58 bits per heavy atom. The molecule has 0 aliphatic heterocycles. The molecule has 12 heavy (non-hydrogen) atoms. The van der Waals surface area contributed by atoms with Gasteiger partial charge in [-0.05, 0) is 37.4 Å². The summed E-state index contributed by atoms with van der Waals surface area (Å²) in [4.78, 5) is 3.63. The topological polar surface area (TPSA) is 12.4 Å². The van der Waals surface area contributed by atoms with Crippen molar-refractivity contribution in [2.45, 2.75) is 6.92 Å². The van der Waals surface area contributed by atoms with Gasteiger partial charge < -0.3 is 0 Å². The Morgan fingerprint density at radius 1 is 1.42 bits per heavy atom. The molecule has 0 radical (unpaired) electrons. The maximum Gasteiger partial charge on any atom is 0.124 e. The van der Waals surface area contributed by atoms with Crippen LogP contribution in [0.4, 0.5) is 4.39 Å². The fraction of sp³-hybridized carbons (Fsp3) is 0.100. The van der Waals surface area contributed by atoms with Crippen LogP contribution >= 0.6 is 0 Å². The van der Waals surface area contributed by atoms with Crippen molar-refractivity contribution in [1.82, 2.24) is 0 Å². The highest BCUT2D eigenvalue weighted by Gasteiger charge is 1.99. The molecule has 0 fully saturated rings. The standard InChI is InChI=1S/C10H10FN/c1-7-4-9(8(2)12-3)6-10(11)5-7/h4-6H,2-3H2,1H3. The van der Waals surface area contributed by atoms with E-state index in [9.17, 15) is 4.39 Å². The lowest BCUT2D eigenvalue weighted by Crippen LogP contribution is -1.84. The largest absolute Gasteiger partial charge is 0.265 e. The molecule has 0 saturated heterocycles. The fourth-order valence-corrected chi connectivity index (χ4v) is 0.994. The number of aryl methyl sites for hydroxylation is 1. The van der Waals surface area contributed by atoms with Crippen molar-refractivity contribution < 1.29 is 4.39 Å². The molecule has 1 nitrogen and oxygen atoms in total. The van der Waals surface area contributed by atoms with Crippen LogP contribution in [0, 0.1) is 12.7 Å². The molecule has 0 aromatic heterocycles. The molecule has 0 amide bonds. The zero-order valence-electron chi connectivity index (χ0n) is 6.97. The predicted molar refractivity (Wildman–Crippen MR) is 49.7 cm³/mol. The average Bonchev–Trinajstić information content (AvgIpc) is 2.01. The van der Waals surface area contributed by atoms with Gasteiger partial charge in [-0.3, -0.25) is 4.99 Å². The van der Waals surface area contributed by atoms with Crippen molar-refractivity contribution in [3.05, 3.63) is 41.7 Å². The molecular weight excluding hydrogens is 153 g/mol. The second-order valence-corrected chi connectivity index (χ2v) is 2.62. The fourth-order valence-electron chi connectivity index (χ4n) is 0.994. The monoisotopic (exact) mass is 163 g/mol.